The topological polar surface area (TPSA) is 75.3 Å². The second kappa shape index (κ2) is 7.61. The number of amides is 1. The molecule has 0 saturated heterocycles. The predicted molar refractivity (Wildman–Crippen MR) is 98.1 cm³/mol. The minimum atomic E-state index is -3.39. The lowest BCUT2D eigenvalue weighted by Crippen LogP contribution is -2.22. The molecule has 24 heavy (non-hydrogen) atoms. The summed E-state index contributed by atoms with van der Waals surface area (Å²) in [5.74, 6) is -0.395. The highest BCUT2D eigenvalue weighted by atomic mass is 35.5. The Labute approximate surface area is 154 Å². The van der Waals surface area contributed by atoms with Crippen molar-refractivity contribution in [3.8, 4) is 0 Å². The van der Waals surface area contributed by atoms with Crippen LogP contribution in [-0.4, -0.2) is 27.1 Å². The van der Waals surface area contributed by atoms with Crippen LogP contribution in [0.25, 0.3) is 0 Å². The first kappa shape index (κ1) is 18.9. The lowest BCUT2D eigenvalue weighted by atomic mass is 10.3. The zero-order chi connectivity index (χ0) is 17.9. The Morgan fingerprint density at radius 2 is 1.67 bits per heavy atom. The van der Waals surface area contributed by atoms with Crippen LogP contribution in [-0.2, 0) is 14.6 Å². The number of halogens is 3. The van der Waals surface area contributed by atoms with Crippen LogP contribution in [0.5, 0.6) is 0 Å². The first-order valence-corrected chi connectivity index (χ1v) is 9.68. The van der Waals surface area contributed by atoms with Crippen molar-refractivity contribution in [1.82, 2.24) is 0 Å². The van der Waals surface area contributed by atoms with Gasteiger partial charge < -0.3 is 10.6 Å². The maximum Gasteiger partial charge on any atom is 0.243 e. The second-order valence-electron chi connectivity index (χ2n) is 4.94. The molecule has 0 spiro atoms. The summed E-state index contributed by atoms with van der Waals surface area (Å²) in [6, 6.07) is 8.99. The molecule has 5 nitrogen and oxygen atoms in total. The molecule has 0 fully saturated rings. The Hall–Kier alpha value is -1.47. The van der Waals surface area contributed by atoms with Gasteiger partial charge in [0.2, 0.25) is 5.91 Å². The smallest absolute Gasteiger partial charge is 0.243 e. The molecule has 0 aliphatic heterocycles. The first-order valence-electron chi connectivity index (χ1n) is 6.65. The van der Waals surface area contributed by atoms with E-state index in [0.29, 0.717) is 15.7 Å². The molecule has 2 N–H and O–H groups in total. The summed E-state index contributed by atoms with van der Waals surface area (Å²) in [6.45, 7) is -0.0581. The lowest BCUT2D eigenvalue weighted by Gasteiger charge is -2.11. The van der Waals surface area contributed by atoms with Gasteiger partial charge in [0, 0.05) is 11.9 Å². The van der Waals surface area contributed by atoms with Crippen molar-refractivity contribution < 1.29 is 13.2 Å². The monoisotopic (exact) mass is 406 g/mol. The van der Waals surface area contributed by atoms with Crippen molar-refractivity contribution in [1.29, 1.82) is 0 Å². The summed E-state index contributed by atoms with van der Waals surface area (Å²) in [4.78, 5) is 12.1. The van der Waals surface area contributed by atoms with Crippen LogP contribution in [0, 0.1) is 0 Å². The Balaban J connectivity index is 2.05. The van der Waals surface area contributed by atoms with Crippen LogP contribution in [0.4, 0.5) is 11.4 Å². The van der Waals surface area contributed by atoms with Crippen LogP contribution in [0.2, 0.25) is 15.1 Å². The van der Waals surface area contributed by atoms with Gasteiger partial charge in [0.05, 0.1) is 32.2 Å². The fourth-order valence-electron chi connectivity index (χ4n) is 1.81. The Morgan fingerprint density at radius 1 is 1.00 bits per heavy atom. The summed E-state index contributed by atoms with van der Waals surface area (Å²) in [5, 5.41) is 6.46. The van der Waals surface area contributed by atoms with Crippen LogP contribution < -0.4 is 10.6 Å². The van der Waals surface area contributed by atoms with Gasteiger partial charge in [-0.1, -0.05) is 34.8 Å². The van der Waals surface area contributed by atoms with Gasteiger partial charge in [-0.25, -0.2) is 8.42 Å². The van der Waals surface area contributed by atoms with Crippen molar-refractivity contribution in [3.63, 3.8) is 0 Å². The Morgan fingerprint density at radius 3 is 2.29 bits per heavy atom. The van der Waals surface area contributed by atoms with E-state index in [1.165, 1.54) is 18.2 Å². The number of carbonyl (C=O) groups is 1. The molecule has 0 radical (unpaired) electrons. The highest BCUT2D eigenvalue weighted by molar-refractivity contribution is 7.90. The fourth-order valence-corrected chi connectivity index (χ4v) is 2.92. The minimum Gasteiger partial charge on any atom is -0.376 e. The van der Waals surface area contributed by atoms with Gasteiger partial charge >= 0.3 is 0 Å². The van der Waals surface area contributed by atoms with Crippen LogP contribution >= 0.6 is 34.8 Å². The standard InChI is InChI=1S/C15H13Cl3N2O3S/c1-24(22,23)10-3-5-12(17)14(7-10)20-15(21)8-19-9-2-4-11(16)13(18)6-9/h2-7,19H,8H2,1H3,(H,20,21). The maximum absolute atomic E-state index is 12.0. The Kier molecular flexibility index (Phi) is 5.98. The molecular weight excluding hydrogens is 395 g/mol. The molecule has 0 atom stereocenters. The van der Waals surface area contributed by atoms with Crippen LogP contribution in [0.1, 0.15) is 0 Å². The molecule has 0 aromatic heterocycles. The summed E-state index contributed by atoms with van der Waals surface area (Å²) < 4.78 is 23.1. The average Bonchev–Trinajstić information content (AvgIpc) is 2.49. The number of sulfone groups is 1. The molecule has 0 aliphatic rings. The van der Waals surface area contributed by atoms with E-state index in [-0.39, 0.29) is 22.2 Å². The highest BCUT2D eigenvalue weighted by Gasteiger charge is 2.12. The van der Waals surface area contributed by atoms with Crippen molar-refractivity contribution in [3.05, 3.63) is 51.5 Å². The van der Waals surface area contributed by atoms with Gasteiger partial charge in [-0.2, -0.15) is 0 Å². The number of rotatable bonds is 5. The van der Waals surface area contributed by atoms with Gasteiger partial charge in [-0.3, -0.25) is 4.79 Å². The van der Waals surface area contributed by atoms with E-state index in [4.69, 9.17) is 34.8 Å². The molecule has 9 heteroatoms. The number of nitrogens with one attached hydrogen (secondary N) is 2. The van der Waals surface area contributed by atoms with E-state index in [2.05, 4.69) is 10.6 Å². The van der Waals surface area contributed by atoms with Gasteiger partial charge in [-0.05, 0) is 36.4 Å². The fraction of sp³-hybridized carbons (Fsp3) is 0.133. The average molecular weight is 408 g/mol. The zero-order valence-electron chi connectivity index (χ0n) is 12.4. The number of hydrogen-bond donors (Lipinski definition) is 2. The van der Waals surface area contributed by atoms with E-state index < -0.39 is 15.7 Å². The van der Waals surface area contributed by atoms with Gasteiger partial charge in [0.15, 0.2) is 9.84 Å². The van der Waals surface area contributed by atoms with Gasteiger partial charge in [0.1, 0.15) is 0 Å². The van der Waals surface area contributed by atoms with Gasteiger partial charge in [0.25, 0.3) is 0 Å². The van der Waals surface area contributed by atoms with E-state index >= 15 is 0 Å². The number of anilines is 2. The van der Waals surface area contributed by atoms with Crippen molar-refractivity contribution in [2.75, 3.05) is 23.4 Å². The summed E-state index contributed by atoms with van der Waals surface area (Å²) in [5.41, 5.74) is 0.844. The molecule has 0 bridgehead atoms. The van der Waals surface area contributed by atoms with E-state index in [1.807, 2.05) is 0 Å². The number of carbonyl (C=O) groups excluding carboxylic acids is 1. The van der Waals surface area contributed by atoms with E-state index in [0.717, 1.165) is 6.26 Å². The van der Waals surface area contributed by atoms with Crippen molar-refractivity contribution in [2.24, 2.45) is 0 Å². The van der Waals surface area contributed by atoms with Gasteiger partial charge in [-0.15, -0.1) is 0 Å². The molecule has 1 amide bonds. The zero-order valence-corrected chi connectivity index (χ0v) is 15.5. The molecule has 128 valence electrons. The first-order chi connectivity index (χ1) is 11.2. The quantitative estimate of drug-likeness (QED) is 0.782. The number of benzene rings is 2. The summed E-state index contributed by atoms with van der Waals surface area (Å²) >= 11 is 17.7. The maximum atomic E-state index is 12.0. The SMILES string of the molecule is CS(=O)(=O)c1ccc(Cl)c(NC(=O)CNc2ccc(Cl)c(Cl)c2)c1. The lowest BCUT2D eigenvalue weighted by molar-refractivity contribution is -0.114. The minimum absolute atomic E-state index is 0.0581. The highest BCUT2D eigenvalue weighted by Crippen LogP contribution is 2.26. The third-order valence-corrected chi connectivity index (χ3v) is 5.19. The normalized spacial score (nSPS) is 11.2. The second-order valence-corrected chi connectivity index (χ2v) is 8.18. The summed E-state index contributed by atoms with van der Waals surface area (Å²) in [6.07, 6.45) is 1.08. The Bertz CT molecular complexity index is 886. The molecular formula is C15H13Cl3N2O3S. The van der Waals surface area contributed by atoms with Crippen LogP contribution in [0.15, 0.2) is 41.3 Å². The van der Waals surface area contributed by atoms with Crippen LogP contribution in [0.3, 0.4) is 0 Å². The van der Waals surface area contributed by atoms with Crippen molar-refractivity contribution in [2.45, 2.75) is 4.90 Å². The molecule has 0 heterocycles. The van der Waals surface area contributed by atoms with E-state index in [9.17, 15) is 13.2 Å². The molecule has 0 unspecified atom stereocenters. The van der Waals surface area contributed by atoms with Crippen molar-refractivity contribution >= 4 is 61.9 Å². The summed E-state index contributed by atoms with van der Waals surface area (Å²) in [7, 11) is -3.39. The number of hydrogen-bond acceptors (Lipinski definition) is 4. The molecule has 0 saturated carbocycles. The molecule has 2 aromatic rings. The third kappa shape index (κ3) is 5.01. The molecule has 2 rings (SSSR count). The van der Waals surface area contributed by atoms with E-state index in [1.54, 1.807) is 18.2 Å². The largest absolute Gasteiger partial charge is 0.376 e. The molecule has 2 aromatic carbocycles. The predicted octanol–water partition coefficient (Wildman–Crippen LogP) is 4.10. The third-order valence-electron chi connectivity index (χ3n) is 3.01. The molecule has 0 aliphatic carbocycles.